The van der Waals surface area contributed by atoms with E-state index in [-0.39, 0.29) is 6.03 Å². The van der Waals surface area contributed by atoms with Crippen molar-refractivity contribution in [3.63, 3.8) is 0 Å². The predicted molar refractivity (Wildman–Crippen MR) is 80.6 cm³/mol. The number of carbonyl (C=O) groups is 1. The maximum Gasteiger partial charge on any atom is 0.315 e. The Balaban J connectivity index is 1.63. The molecule has 1 atom stereocenters. The highest BCUT2D eigenvalue weighted by atomic mass is 32.1. The lowest BCUT2D eigenvalue weighted by Gasteiger charge is -2.11. The van der Waals surface area contributed by atoms with E-state index < -0.39 is 6.10 Å². The van der Waals surface area contributed by atoms with Crippen LogP contribution in [0.4, 0.5) is 4.79 Å². The molecule has 0 saturated heterocycles. The van der Waals surface area contributed by atoms with E-state index in [1.807, 2.05) is 47.2 Å². The molecule has 20 heavy (non-hydrogen) atoms. The minimum absolute atomic E-state index is 0.216. The zero-order chi connectivity index (χ0) is 14.2. The molecular formula is C15H18N2O2S. The summed E-state index contributed by atoms with van der Waals surface area (Å²) in [5.41, 5.74) is 1.96. The van der Waals surface area contributed by atoms with Gasteiger partial charge in [0.2, 0.25) is 0 Å². The van der Waals surface area contributed by atoms with E-state index in [9.17, 15) is 9.90 Å². The van der Waals surface area contributed by atoms with Gasteiger partial charge in [-0.25, -0.2) is 4.79 Å². The Kier molecular flexibility index (Phi) is 5.58. The average Bonchev–Trinajstić information content (AvgIpc) is 3.00. The quantitative estimate of drug-likeness (QED) is 0.766. The summed E-state index contributed by atoms with van der Waals surface area (Å²) in [6, 6.07) is 11.4. The highest BCUT2D eigenvalue weighted by molar-refractivity contribution is 7.07. The molecule has 2 aromatic rings. The third-order valence-corrected chi connectivity index (χ3v) is 3.63. The van der Waals surface area contributed by atoms with Gasteiger partial charge in [0.05, 0.1) is 6.10 Å². The van der Waals surface area contributed by atoms with E-state index in [1.54, 1.807) is 11.3 Å². The van der Waals surface area contributed by atoms with E-state index in [2.05, 4.69) is 10.6 Å². The van der Waals surface area contributed by atoms with Gasteiger partial charge in [-0.05, 0) is 34.4 Å². The molecule has 0 spiro atoms. The first-order valence-electron chi connectivity index (χ1n) is 6.51. The highest BCUT2D eigenvalue weighted by Gasteiger charge is 2.08. The van der Waals surface area contributed by atoms with Crippen molar-refractivity contribution in [1.82, 2.24) is 10.6 Å². The third-order valence-electron chi connectivity index (χ3n) is 2.93. The van der Waals surface area contributed by atoms with Gasteiger partial charge >= 0.3 is 6.03 Å². The van der Waals surface area contributed by atoms with Gasteiger partial charge in [-0.1, -0.05) is 30.3 Å². The van der Waals surface area contributed by atoms with Crippen LogP contribution in [-0.2, 0) is 6.54 Å². The van der Waals surface area contributed by atoms with Crippen LogP contribution in [0.25, 0.3) is 0 Å². The molecular weight excluding hydrogens is 272 g/mol. The number of urea groups is 1. The van der Waals surface area contributed by atoms with Gasteiger partial charge in [0.1, 0.15) is 0 Å². The summed E-state index contributed by atoms with van der Waals surface area (Å²) in [4.78, 5) is 11.6. The Morgan fingerprint density at radius 1 is 1.20 bits per heavy atom. The zero-order valence-corrected chi connectivity index (χ0v) is 11.9. The molecule has 2 rings (SSSR count). The third kappa shape index (κ3) is 4.68. The molecule has 0 saturated carbocycles. The molecule has 0 unspecified atom stereocenters. The van der Waals surface area contributed by atoms with Gasteiger partial charge < -0.3 is 15.7 Å². The van der Waals surface area contributed by atoms with Crippen LogP contribution < -0.4 is 10.6 Å². The molecule has 0 bridgehead atoms. The second kappa shape index (κ2) is 7.67. The number of benzene rings is 1. The van der Waals surface area contributed by atoms with Gasteiger partial charge in [0.25, 0.3) is 0 Å². The first-order valence-corrected chi connectivity index (χ1v) is 7.46. The summed E-state index contributed by atoms with van der Waals surface area (Å²) in [6.07, 6.45) is -0.00848. The molecule has 0 fully saturated rings. The Labute approximate surface area is 122 Å². The zero-order valence-electron chi connectivity index (χ0n) is 11.1. The number of aliphatic hydroxyl groups excluding tert-OH is 1. The Hall–Kier alpha value is -1.85. The van der Waals surface area contributed by atoms with E-state index in [0.717, 1.165) is 11.1 Å². The van der Waals surface area contributed by atoms with Crippen molar-refractivity contribution in [2.45, 2.75) is 19.1 Å². The standard InChI is InChI=1S/C15H18N2O2S/c18-14(13-7-9-20-11-13)6-8-16-15(19)17-10-12-4-2-1-3-5-12/h1-5,7,9,11,14,18H,6,8,10H2,(H2,16,17,19)/t14-/m1/s1. The van der Waals surface area contributed by atoms with E-state index in [1.165, 1.54) is 0 Å². The topological polar surface area (TPSA) is 61.4 Å². The van der Waals surface area contributed by atoms with Crippen molar-refractivity contribution < 1.29 is 9.90 Å². The van der Waals surface area contributed by atoms with Crippen LogP contribution in [0.3, 0.4) is 0 Å². The fourth-order valence-electron chi connectivity index (χ4n) is 1.79. The minimum atomic E-state index is -0.518. The lowest BCUT2D eigenvalue weighted by Crippen LogP contribution is -2.36. The summed E-state index contributed by atoms with van der Waals surface area (Å²) in [5, 5.41) is 19.2. The van der Waals surface area contributed by atoms with Crippen LogP contribution in [-0.4, -0.2) is 17.7 Å². The number of carbonyl (C=O) groups excluding carboxylic acids is 1. The van der Waals surface area contributed by atoms with Gasteiger partial charge in [0, 0.05) is 13.1 Å². The first kappa shape index (κ1) is 14.6. The molecule has 5 heteroatoms. The van der Waals surface area contributed by atoms with Crippen LogP contribution in [0.5, 0.6) is 0 Å². The van der Waals surface area contributed by atoms with Crippen molar-refractivity contribution in [2.24, 2.45) is 0 Å². The van der Waals surface area contributed by atoms with E-state index in [0.29, 0.717) is 19.5 Å². The Bertz CT molecular complexity index is 514. The number of nitrogens with one attached hydrogen (secondary N) is 2. The lowest BCUT2D eigenvalue weighted by molar-refractivity contribution is 0.167. The fraction of sp³-hybridized carbons (Fsp3) is 0.267. The number of amides is 2. The largest absolute Gasteiger partial charge is 0.388 e. The SMILES string of the molecule is O=C(NCC[C@@H](O)c1ccsc1)NCc1ccccc1. The van der Waals surface area contributed by atoms with Gasteiger partial charge in [-0.15, -0.1) is 0 Å². The van der Waals surface area contributed by atoms with Crippen LogP contribution in [0.15, 0.2) is 47.2 Å². The number of aliphatic hydroxyl groups is 1. The maximum atomic E-state index is 11.6. The molecule has 4 nitrogen and oxygen atoms in total. The lowest BCUT2D eigenvalue weighted by atomic mass is 10.1. The molecule has 1 aromatic heterocycles. The maximum absolute atomic E-state index is 11.6. The smallest absolute Gasteiger partial charge is 0.315 e. The summed E-state index contributed by atoms with van der Waals surface area (Å²) in [6.45, 7) is 0.942. The van der Waals surface area contributed by atoms with Gasteiger partial charge in [0.15, 0.2) is 0 Å². The predicted octanol–water partition coefficient (Wildman–Crippen LogP) is 2.67. The van der Waals surface area contributed by atoms with Crippen molar-refractivity contribution >= 4 is 17.4 Å². The van der Waals surface area contributed by atoms with Crippen molar-refractivity contribution in [2.75, 3.05) is 6.54 Å². The summed E-state index contributed by atoms with van der Waals surface area (Å²) < 4.78 is 0. The van der Waals surface area contributed by atoms with E-state index in [4.69, 9.17) is 0 Å². The molecule has 0 aliphatic rings. The molecule has 1 aromatic carbocycles. The second-order valence-corrected chi connectivity index (χ2v) is 5.24. The molecule has 0 aliphatic carbocycles. The molecule has 1 heterocycles. The number of rotatable bonds is 6. The van der Waals surface area contributed by atoms with Gasteiger partial charge in [-0.3, -0.25) is 0 Å². The second-order valence-electron chi connectivity index (χ2n) is 4.46. The van der Waals surface area contributed by atoms with Crippen LogP contribution in [0.1, 0.15) is 23.7 Å². The molecule has 0 aliphatic heterocycles. The van der Waals surface area contributed by atoms with Crippen molar-refractivity contribution in [3.8, 4) is 0 Å². The van der Waals surface area contributed by atoms with E-state index >= 15 is 0 Å². The summed E-state index contributed by atoms with van der Waals surface area (Å²) >= 11 is 1.55. The minimum Gasteiger partial charge on any atom is -0.388 e. The van der Waals surface area contributed by atoms with Gasteiger partial charge in [-0.2, -0.15) is 11.3 Å². The van der Waals surface area contributed by atoms with Crippen LogP contribution in [0.2, 0.25) is 0 Å². The average molecular weight is 290 g/mol. The number of thiophene rings is 1. The van der Waals surface area contributed by atoms with Crippen molar-refractivity contribution in [3.05, 3.63) is 58.3 Å². The molecule has 3 N–H and O–H groups in total. The number of hydrogen-bond acceptors (Lipinski definition) is 3. The summed E-state index contributed by atoms with van der Waals surface area (Å²) in [5.74, 6) is 0. The monoisotopic (exact) mass is 290 g/mol. The molecule has 2 amide bonds. The first-order chi connectivity index (χ1) is 9.75. The summed E-state index contributed by atoms with van der Waals surface area (Å²) in [7, 11) is 0. The Morgan fingerprint density at radius 3 is 2.70 bits per heavy atom. The number of hydrogen-bond donors (Lipinski definition) is 3. The van der Waals surface area contributed by atoms with Crippen LogP contribution >= 0.6 is 11.3 Å². The van der Waals surface area contributed by atoms with Crippen molar-refractivity contribution in [1.29, 1.82) is 0 Å². The fourth-order valence-corrected chi connectivity index (χ4v) is 2.50. The van der Waals surface area contributed by atoms with Crippen LogP contribution in [0, 0.1) is 0 Å². The highest BCUT2D eigenvalue weighted by Crippen LogP contribution is 2.18. The molecule has 106 valence electrons. The molecule has 0 radical (unpaired) electrons. The normalized spacial score (nSPS) is 11.8. The Morgan fingerprint density at radius 2 is 2.00 bits per heavy atom.